The highest BCUT2D eigenvalue weighted by Crippen LogP contribution is 2.22. The van der Waals surface area contributed by atoms with Crippen LogP contribution in [0.5, 0.6) is 5.75 Å². The number of aromatic nitrogens is 2. The van der Waals surface area contributed by atoms with Crippen LogP contribution in [0.3, 0.4) is 0 Å². The SMILES string of the molecule is CCOCCOc1ccc(Br)cc1C=Nn1cc(C)nc1N. The fraction of sp³-hybridized carbons (Fsp3) is 0.333. The normalized spacial score (nSPS) is 11.2. The van der Waals surface area contributed by atoms with Crippen molar-refractivity contribution in [3.63, 3.8) is 0 Å². The van der Waals surface area contributed by atoms with Crippen molar-refractivity contribution < 1.29 is 9.47 Å². The molecular formula is C15H19BrN4O2. The van der Waals surface area contributed by atoms with Gasteiger partial charge >= 0.3 is 0 Å². The molecule has 2 N–H and O–H groups in total. The van der Waals surface area contributed by atoms with Gasteiger partial charge in [-0.3, -0.25) is 0 Å². The van der Waals surface area contributed by atoms with Crippen LogP contribution in [0.25, 0.3) is 0 Å². The van der Waals surface area contributed by atoms with Gasteiger partial charge in [-0.2, -0.15) is 5.10 Å². The number of imidazole rings is 1. The third-order valence-electron chi connectivity index (χ3n) is 2.82. The van der Waals surface area contributed by atoms with E-state index in [4.69, 9.17) is 15.2 Å². The van der Waals surface area contributed by atoms with E-state index in [-0.39, 0.29) is 0 Å². The van der Waals surface area contributed by atoms with Crippen LogP contribution in [0, 0.1) is 6.92 Å². The van der Waals surface area contributed by atoms with Crippen LogP contribution in [-0.2, 0) is 4.74 Å². The summed E-state index contributed by atoms with van der Waals surface area (Å²) >= 11 is 3.45. The maximum Gasteiger partial charge on any atom is 0.221 e. The van der Waals surface area contributed by atoms with Crippen molar-refractivity contribution in [2.45, 2.75) is 13.8 Å². The minimum Gasteiger partial charge on any atom is -0.491 e. The molecule has 1 aromatic carbocycles. The Hall–Kier alpha value is -1.86. The van der Waals surface area contributed by atoms with Gasteiger partial charge in [0.25, 0.3) is 0 Å². The lowest BCUT2D eigenvalue weighted by Gasteiger charge is -2.09. The number of nitrogens with zero attached hydrogens (tertiary/aromatic N) is 3. The molecule has 0 saturated heterocycles. The summed E-state index contributed by atoms with van der Waals surface area (Å²) in [5.41, 5.74) is 7.43. The van der Waals surface area contributed by atoms with Gasteiger partial charge in [0.05, 0.1) is 24.7 Å². The summed E-state index contributed by atoms with van der Waals surface area (Å²) in [7, 11) is 0. The first-order valence-electron chi connectivity index (χ1n) is 6.96. The number of halogens is 1. The van der Waals surface area contributed by atoms with E-state index < -0.39 is 0 Å². The monoisotopic (exact) mass is 366 g/mol. The van der Waals surface area contributed by atoms with Crippen LogP contribution in [-0.4, -0.2) is 35.7 Å². The highest BCUT2D eigenvalue weighted by molar-refractivity contribution is 9.10. The molecule has 0 aliphatic heterocycles. The molecule has 0 aliphatic carbocycles. The van der Waals surface area contributed by atoms with Gasteiger partial charge in [-0.15, -0.1) is 0 Å². The molecule has 2 rings (SSSR count). The van der Waals surface area contributed by atoms with Crippen LogP contribution >= 0.6 is 15.9 Å². The van der Waals surface area contributed by atoms with Crippen LogP contribution in [0.2, 0.25) is 0 Å². The van der Waals surface area contributed by atoms with Gasteiger partial charge < -0.3 is 15.2 Å². The molecule has 118 valence electrons. The van der Waals surface area contributed by atoms with Crippen molar-refractivity contribution >= 4 is 28.1 Å². The van der Waals surface area contributed by atoms with Crippen molar-refractivity contribution in [3.8, 4) is 5.75 Å². The molecule has 0 unspecified atom stereocenters. The second-order valence-corrected chi connectivity index (χ2v) is 5.47. The van der Waals surface area contributed by atoms with E-state index in [9.17, 15) is 0 Å². The lowest BCUT2D eigenvalue weighted by molar-refractivity contribution is 0.110. The summed E-state index contributed by atoms with van der Waals surface area (Å²) < 4.78 is 13.5. The minimum absolute atomic E-state index is 0.350. The second kappa shape index (κ2) is 7.95. The average molecular weight is 367 g/mol. The fourth-order valence-corrected chi connectivity index (χ4v) is 2.21. The standard InChI is InChI=1S/C15H19BrN4O2/c1-3-21-6-7-22-14-5-4-13(16)8-12(14)9-18-20-10-11(2)19-15(20)17/h4-5,8-10H,3,6-7H2,1-2H3,(H2,17,19). The molecule has 22 heavy (non-hydrogen) atoms. The number of aryl methyl sites for hydroxylation is 1. The first-order valence-corrected chi connectivity index (χ1v) is 7.75. The number of nitrogens with two attached hydrogens (primary N) is 1. The predicted octanol–water partition coefficient (Wildman–Crippen LogP) is 2.83. The van der Waals surface area contributed by atoms with Crippen LogP contribution in [0.4, 0.5) is 5.95 Å². The summed E-state index contributed by atoms with van der Waals surface area (Å²) in [6.07, 6.45) is 3.46. The summed E-state index contributed by atoms with van der Waals surface area (Å²) in [4.78, 5) is 4.10. The van der Waals surface area contributed by atoms with Crippen molar-refractivity contribution in [2.24, 2.45) is 5.10 Å². The van der Waals surface area contributed by atoms with Gasteiger partial charge in [0, 0.05) is 16.6 Å². The molecule has 0 amide bonds. The molecule has 0 fully saturated rings. The van der Waals surface area contributed by atoms with Crippen molar-refractivity contribution in [1.82, 2.24) is 9.66 Å². The number of benzene rings is 1. The van der Waals surface area contributed by atoms with Gasteiger partial charge in [0.1, 0.15) is 12.4 Å². The largest absolute Gasteiger partial charge is 0.491 e. The zero-order valence-electron chi connectivity index (χ0n) is 12.6. The quantitative estimate of drug-likeness (QED) is 0.603. The molecule has 0 atom stereocenters. The Morgan fingerprint density at radius 1 is 1.41 bits per heavy atom. The molecule has 1 heterocycles. The molecule has 7 heteroatoms. The topological polar surface area (TPSA) is 74.7 Å². The highest BCUT2D eigenvalue weighted by atomic mass is 79.9. The lowest BCUT2D eigenvalue weighted by Crippen LogP contribution is -2.07. The molecule has 1 aromatic heterocycles. The Morgan fingerprint density at radius 2 is 2.23 bits per heavy atom. The average Bonchev–Trinajstić information content (AvgIpc) is 2.81. The third kappa shape index (κ3) is 4.57. The van der Waals surface area contributed by atoms with Crippen LogP contribution in [0.15, 0.2) is 34.0 Å². The number of nitrogen functional groups attached to an aromatic ring is 1. The number of ether oxygens (including phenoxy) is 2. The van der Waals surface area contributed by atoms with Gasteiger partial charge in [0.2, 0.25) is 5.95 Å². The third-order valence-corrected chi connectivity index (χ3v) is 3.31. The highest BCUT2D eigenvalue weighted by Gasteiger charge is 2.04. The molecule has 0 radical (unpaired) electrons. The molecule has 0 aliphatic rings. The smallest absolute Gasteiger partial charge is 0.221 e. The molecular weight excluding hydrogens is 348 g/mol. The summed E-state index contributed by atoms with van der Waals surface area (Å²) in [6.45, 7) is 5.54. The zero-order valence-corrected chi connectivity index (χ0v) is 14.2. The lowest BCUT2D eigenvalue weighted by atomic mass is 10.2. The first-order chi connectivity index (χ1) is 10.6. The van der Waals surface area contributed by atoms with E-state index in [1.807, 2.05) is 32.0 Å². The van der Waals surface area contributed by atoms with Gasteiger partial charge in [0.15, 0.2) is 0 Å². The van der Waals surface area contributed by atoms with Gasteiger partial charge in [-0.05, 0) is 32.0 Å². The number of anilines is 1. The van der Waals surface area contributed by atoms with E-state index in [2.05, 4.69) is 26.0 Å². The maximum atomic E-state index is 5.77. The summed E-state index contributed by atoms with van der Waals surface area (Å²) in [5.74, 6) is 1.09. The van der Waals surface area contributed by atoms with Crippen molar-refractivity contribution in [2.75, 3.05) is 25.6 Å². The molecule has 0 bridgehead atoms. The number of hydrogen-bond donors (Lipinski definition) is 1. The number of rotatable bonds is 7. The number of hydrogen-bond acceptors (Lipinski definition) is 5. The Labute approximate surface area is 138 Å². The first kappa shape index (κ1) is 16.5. The van der Waals surface area contributed by atoms with E-state index >= 15 is 0 Å². The maximum absolute atomic E-state index is 5.77. The zero-order chi connectivity index (χ0) is 15.9. The Kier molecular flexibility index (Phi) is 5.97. The second-order valence-electron chi connectivity index (χ2n) is 4.56. The summed E-state index contributed by atoms with van der Waals surface area (Å²) in [6, 6.07) is 5.74. The molecule has 0 spiro atoms. The summed E-state index contributed by atoms with van der Waals surface area (Å²) in [5, 5.41) is 4.32. The van der Waals surface area contributed by atoms with Gasteiger partial charge in [-0.25, -0.2) is 9.66 Å². The van der Waals surface area contributed by atoms with E-state index in [1.165, 1.54) is 4.68 Å². The van der Waals surface area contributed by atoms with E-state index in [0.29, 0.717) is 25.8 Å². The molecule has 6 nitrogen and oxygen atoms in total. The van der Waals surface area contributed by atoms with Crippen molar-refractivity contribution in [1.29, 1.82) is 0 Å². The van der Waals surface area contributed by atoms with Gasteiger partial charge in [-0.1, -0.05) is 15.9 Å². The predicted molar refractivity (Wildman–Crippen MR) is 90.5 cm³/mol. The Bertz CT molecular complexity index is 655. The molecule has 0 saturated carbocycles. The fourth-order valence-electron chi connectivity index (χ4n) is 1.83. The molecule has 2 aromatic rings. The van der Waals surface area contributed by atoms with E-state index in [0.717, 1.165) is 21.5 Å². The van der Waals surface area contributed by atoms with E-state index in [1.54, 1.807) is 12.4 Å². The minimum atomic E-state index is 0.350. The van der Waals surface area contributed by atoms with Crippen LogP contribution in [0.1, 0.15) is 18.2 Å². The Morgan fingerprint density at radius 3 is 2.91 bits per heavy atom. The van der Waals surface area contributed by atoms with Crippen molar-refractivity contribution in [3.05, 3.63) is 40.1 Å². The van der Waals surface area contributed by atoms with Crippen LogP contribution < -0.4 is 10.5 Å². The Balaban J connectivity index is 2.14.